The van der Waals surface area contributed by atoms with Gasteiger partial charge in [-0.3, -0.25) is 4.79 Å². The van der Waals surface area contributed by atoms with E-state index in [1.54, 1.807) is 6.20 Å². The van der Waals surface area contributed by atoms with E-state index in [1.807, 2.05) is 31.2 Å². The van der Waals surface area contributed by atoms with Crippen molar-refractivity contribution in [1.82, 2.24) is 9.97 Å². The highest BCUT2D eigenvalue weighted by Gasteiger charge is 2.32. The number of carbonyl (C=O) groups is 1. The fourth-order valence-corrected chi connectivity index (χ4v) is 3.29. The van der Waals surface area contributed by atoms with Crippen LogP contribution in [0.3, 0.4) is 0 Å². The fraction of sp³-hybridized carbons (Fsp3) is 0.353. The molecular formula is C17H17ClN4O3. The van der Waals surface area contributed by atoms with Crippen LogP contribution in [0, 0.1) is 0 Å². The van der Waals surface area contributed by atoms with E-state index < -0.39 is 0 Å². The van der Waals surface area contributed by atoms with E-state index in [4.69, 9.17) is 21.1 Å². The van der Waals surface area contributed by atoms with E-state index in [1.165, 1.54) is 0 Å². The summed E-state index contributed by atoms with van der Waals surface area (Å²) >= 11 is 6.38. The molecule has 0 aliphatic carbocycles. The number of morpholine rings is 1. The van der Waals surface area contributed by atoms with E-state index in [2.05, 4.69) is 20.2 Å². The molecule has 7 nitrogen and oxygen atoms in total. The number of halogens is 1. The van der Waals surface area contributed by atoms with Crippen molar-refractivity contribution in [3.05, 3.63) is 41.0 Å². The predicted octanol–water partition coefficient (Wildman–Crippen LogP) is 2.43. The molecule has 130 valence electrons. The molecule has 0 unspecified atom stereocenters. The maximum absolute atomic E-state index is 11.5. The van der Waals surface area contributed by atoms with Crippen LogP contribution in [0.15, 0.2) is 30.5 Å². The van der Waals surface area contributed by atoms with Crippen LogP contribution in [-0.4, -0.2) is 41.7 Å². The molecule has 3 heterocycles. The first-order valence-electron chi connectivity index (χ1n) is 8.04. The first kappa shape index (κ1) is 16.1. The highest BCUT2D eigenvalue weighted by atomic mass is 35.5. The van der Waals surface area contributed by atoms with Crippen LogP contribution in [0.4, 0.5) is 11.8 Å². The Labute approximate surface area is 149 Å². The van der Waals surface area contributed by atoms with Crippen LogP contribution < -0.4 is 15.0 Å². The van der Waals surface area contributed by atoms with Gasteiger partial charge >= 0.3 is 0 Å². The van der Waals surface area contributed by atoms with Crippen molar-refractivity contribution < 1.29 is 14.3 Å². The SMILES string of the molecule is C[C@H]1CN(c2ncc3c(n2)NC(=O)CO3)[C@@H](c2ccccc2Cl)CO1. The highest BCUT2D eigenvalue weighted by Crippen LogP contribution is 2.35. The average molecular weight is 361 g/mol. The molecule has 1 N–H and O–H groups in total. The zero-order valence-corrected chi connectivity index (χ0v) is 14.4. The molecule has 0 radical (unpaired) electrons. The zero-order valence-electron chi connectivity index (χ0n) is 13.6. The van der Waals surface area contributed by atoms with E-state index in [9.17, 15) is 4.79 Å². The summed E-state index contributed by atoms with van der Waals surface area (Å²) in [5, 5.41) is 3.39. The number of anilines is 2. The van der Waals surface area contributed by atoms with E-state index in [-0.39, 0.29) is 24.7 Å². The highest BCUT2D eigenvalue weighted by molar-refractivity contribution is 6.31. The largest absolute Gasteiger partial charge is 0.478 e. The lowest BCUT2D eigenvalue weighted by molar-refractivity contribution is -0.118. The van der Waals surface area contributed by atoms with Crippen molar-refractivity contribution in [2.75, 3.05) is 30.0 Å². The fourth-order valence-electron chi connectivity index (χ4n) is 3.03. The number of amides is 1. The molecule has 0 spiro atoms. The van der Waals surface area contributed by atoms with Crippen molar-refractivity contribution in [1.29, 1.82) is 0 Å². The predicted molar refractivity (Wildman–Crippen MR) is 93.1 cm³/mol. The van der Waals surface area contributed by atoms with Gasteiger partial charge in [0.05, 0.1) is 24.9 Å². The molecule has 4 rings (SSSR count). The van der Waals surface area contributed by atoms with Crippen molar-refractivity contribution in [3.8, 4) is 5.75 Å². The normalized spacial score (nSPS) is 22.8. The van der Waals surface area contributed by atoms with Gasteiger partial charge in [-0.1, -0.05) is 29.8 Å². The number of benzene rings is 1. The lowest BCUT2D eigenvalue weighted by atomic mass is 10.0. The van der Waals surface area contributed by atoms with Gasteiger partial charge < -0.3 is 19.7 Å². The number of ether oxygens (including phenoxy) is 2. The summed E-state index contributed by atoms with van der Waals surface area (Å²) in [4.78, 5) is 22.5. The molecule has 1 aromatic heterocycles. The maximum atomic E-state index is 11.5. The third-order valence-corrected chi connectivity index (χ3v) is 4.59. The second-order valence-electron chi connectivity index (χ2n) is 6.05. The maximum Gasteiger partial charge on any atom is 0.263 e. The number of aromatic nitrogens is 2. The summed E-state index contributed by atoms with van der Waals surface area (Å²) < 4.78 is 11.2. The Kier molecular flexibility index (Phi) is 4.19. The molecule has 2 aliphatic rings. The third-order valence-electron chi connectivity index (χ3n) is 4.25. The summed E-state index contributed by atoms with van der Waals surface area (Å²) in [6.07, 6.45) is 1.62. The molecule has 1 saturated heterocycles. The first-order valence-corrected chi connectivity index (χ1v) is 8.42. The van der Waals surface area contributed by atoms with Gasteiger partial charge in [0.15, 0.2) is 18.2 Å². The second kappa shape index (κ2) is 6.50. The number of fused-ring (bicyclic) bond motifs is 1. The molecular weight excluding hydrogens is 344 g/mol. The topological polar surface area (TPSA) is 76.6 Å². The summed E-state index contributed by atoms with van der Waals surface area (Å²) in [6.45, 7) is 3.07. The smallest absolute Gasteiger partial charge is 0.263 e. The van der Waals surface area contributed by atoms with Gasteiger partial charge in [0.1, 0.15) is 0 Å². The summed E-state index contributed by atoms with van der Waals surface area (Å²) in [5.41, 5.74) is 0.956. The number of nitrogens with zero attached hydrogens (tertiary/aromatic N) is 3. The standard InChI is InChI=1S/C17H17ClN4O3/c1-10-7-22(13(8-24-10)11-4-2-3-5-12(11)18)17-19-6-14-16(21-17)20-15(23)9-25-14/h2-6,10,13H,7-9H2,1H3,(H,19,20,21,23)/t10-,13+/m0/s1. The van der Waals surface area contributed by atoms with Gasteiger partial charge in [-0.25, -0.2) is 4.98 Å². The Balaban J connectivity index is 1.71. The van der Waals surface area contributed by atoms with Crippen LogP contribution in [0.2, 0.25) is 5.02 Å². The number of hydrogen-bond acceptors (Lipinski definition) is 6. The van der Waals surface area contributed by atoms with Crippen LogP contribution in [0.5, 0.6) is 5.75 Å². The lowest BCUT2D eigenvalue weighted by Gasteiger charge is -2.39. The van der Waals surface area contributed by atoms with Gasteiger partial charge in [0.25, 0.3) is 5.91 Å². The number of carbonyl (C=O) groups excluding carboxylic acids is 1. The van der Waals surface area contributed by atoms with Gasteiger partial charge in [-0.2, -0.15) is 4.98 Å². The zero-order chi connectivity index (χ0) is 17.4. The molecule has 25 heavy (non-hydrogen) atoms. The average Bonchev–Trinajstić information content (AvgIpc) is 2.62. The monoisotopic (exact) mass is 360 g/mol. The van der Waals surface area contributed by atoms with Crippen molar-refractivity contribution in [3.63, 3.8) is 0 Å². The van der Waals surface area contributed by atoms with Gasteiger partial charge in [0.2, 0.25) is 5.95 Å². The van der Waals surface area contributed by atoms with Crippen molar-refractivity contribution >= 4 is 29.3 Å². The Morgan fingerprint density at radius 2 is 2.20 bits per heavy atom. The summed E-state index contributed by atoms with van der Waals surface area (Å²) in [6, 6.07) is 7.56. The lowest BCUT2D eigenvalue weighted by Crippen LogP contribution is -2.44. The Hall–Kier alpha value is -2.38. The van der Waals surface area contributed by atoms with Gasteiger partial charge in [-0.15, -0.1) is 0 Å². The summed E-state index contributed by atoms with van der Waals surface area (Å²) in [7, 11) is 0. The molecule has 1 fully saturated rings. The van der Waals surface area contributed by atoms with Crippen LogP contribution in [0.1, 0.15) is 18.5 Å². The van der Waals surface area contributed by atoms with Crippen LogP contribution >= 0.6 is 11.6 Å². The Morgan fingerprint density at radius 3 is 3.04 bits per heavy atom. The molecule has 1 amide bonds. The second-order valence-corrected chi connectivity index (χ2v) is 6.46. The minimum absolute atomic E-state index is 0.0213. The Morgan fingerprint density at radius 1 is 1.36 bits per heavy atom. The summed E-state index contributed by atoms with van der Waals surface area (Å²) in [5.74, 6) is 1.14. The molecule has 0 saturated carbocycles. The molecule has 2 aliphatic heterocycles. The molecule has 0 bridgehead atoms. The minimum Gasteiger partial charge on any atom is -0.478 e. The molecule has 8 heteroatoms. The van der Waals surface area contributed by atoms with Gasteiger partial charge in [-0.05, 0) is 18.6 Å². The van der Waals surface area contributed by atoms with Gasteiger partial charge in [0, 0.05) is 11.6 Å². The van der Waals surface area contributed by atoms with E-state index >= 15 is 0 Å². The molecule has 2 atom stereocenters. The number of nitrogens with one attached hydrogen (secondary N) is 1. The van der Waals surface area contributed by atoms with E-state index in [0.717, 1.165) is 5.56 Å². The number of hydrogen-bond donors (Lipinski definition) is 1. The Bertz CT molecular complexity index is 816. The molecule has 2 aromatic rings. The van der Waals surface area contributed by atoms with Crippen LogP contribution in [-0.2, 0) is 9.53 Å². The van der Waals surface area contributed by atoms with Crippen molar-refractivity contribution in [2.24, 2.45) is 0 Å². The quantitative estimate of drug-likeness (QED) is 0.886. The minimum atomic E-state index is -0.227. The number of rotatable bonds is 2. The van der Waals surface area contributed by atoms with Crippen LogP contribution in [0.25, 0.3) is 0 Å². The van der Waals surface area contributed by atoms with Crippen molar-refractivity contribution in [2.45, 2.75) is 19.1 Å². The van der Waals surface area contributed by atoms with E-state index in [0.29, 0.717) is 35.7 Å². The third kappa shape index (κ3) is 3.12. The first-order chi connectivity index (χ1) is 12.1. The molecule has 1 aromatic carbocycles.